The lowest BCUT2D eigenvalue weighted by Crippen LogP contribution is -2.21. The Hall–Kier alpha value is -1.35. The van der Waals surface area contributed by atoms with Crippen molar-refractivity contribution in [2.24, 2.45) is 5.92 Å². The molecule has 0 bridgehead atoms. The molecule has 1 atom stereocenters. The Bertz CT molecular complexity index is 395. The van der Waals surface area contributed by atoms with Gasteiger partial charge in [-0.1, -0.05) is 37.6 Å². The van der Waals surface area contributed by atoms with Crippen molar-refractivity contribution < 1.29 is 10.0 Å². The lowest BCUT2D eigenvalue weighted by atomic mass is 9.80. The van der Waals surface area contributed by atoms with Crippen molar-refractivity contribution in [3.8, 4) is 0 Å². The van der Waals surface area contributed by atoms with Crippen LogP contribution in [0.2, 0.25) is 0 Å². The van der Waals surface area contributed by atoms with E-state index in [0.717, 1.165) is 12.3 Å². The molecule has 3 heteroatoms. The van der Waals surface area contributed by atoms with Crippen LogP contribution in [0.5, 0.6) is 0 Å². The Labute approximate surface area is 108 Å². The first-order valence-electron chi connectivity index (χ1n) is 6.71. The minimum absolute atomic E-state index is 0.242. The van der Waals surface area contributed by atoms with E-state index in [9.17, 15) is 4.79 Å². The topological polar surface area (TPSA) is 49.3 Å². The molecule has 0 saturated heterocycles. The molecular weight excluding hydrogens is 226 g/mol. The van der Waals surface area contributed by atoms with Gasteiger partial charge >= 0.3 is 0 Å². The van der Waals surface area contributed by atoms with E-state index in [4.69, 9.17) is 5.21 Å². The first-order valence-corrected chi connectivity index (χ1v) is 6.71. The van der Waals surface area contributed by atoms with E-state index in [1.807, 2.05) is 6.92 Å². The highest BCUT2D eigenvalue weighted by atomic mass is 16.5. The van der Waals surface area contributed by atoms with E-state index < -0.39 is 0 Å². The third-order valence-electron chi connectivity index (χ3n) is 3.80. The van der Waals surface area contributed by atoms with Crippen molar-refractivity contribution in [3.63, 3.8) is 0 Å². The Morgan fingerprint density at radius 3 is 2.56 bits per heavy atom. The van der Waals surface area contributed by atoms with Gasteiger partial charge in [-0.05, 0) is 42.2 Å². The molecule has 1 aromatic carbocycles. The molecule has 1 unspecified atom stereocenters. The van der Waals surface area contributed by atoms with Crippen LogP contribution in [0, 0.1) is 5.92 Å². The Morgan fingerprint density at radius 1 is 1.39 bits per heavy atom. The highest BCUT2D eigenvalue weighted by Gasteiger charge is 2.19. The number of nitrogens with one attached hydrogen (secondary N) is 1. The zero-order valence-electron chi connectivity index (χ0n) is 10.9. The van der Waals surface area contributed by atoms with E-state index in [0.29, 0.717) is 6.42 Å². The smallest absolute Gasteiger partial charge is 0.243 e. The number of carbonyl (C=O) groups is 1. The van der Waals surface area contributed by atoms with Crippen LogP contribution in [0.3, 0.4) is 0 Å². The van der Waals surface area contributed by atoms with Crippen LogP contribution < -0.4 is 5.48 Å². The van der Waals surface area contributed by atoms with Gasteiger partial charge in [-0.2, -0.15) is 0 Å². The molecule has 3 nitrogen and oxygen atoms in total. The fourth-order valence-corrected chi connectivity index (χ4v) is 2.50. The molecule has 1 aliphatic carbocycles. The fourth-order valence-electron chi connectivity index (χ4n) is 2.50. The van der Waals surface area contributed by atoms with Gasteiger partial charge in [-0.3, -0.25) is 10.0 Å². The number of hydrogen-bond acceptors (Lipinski definition) is 2. The summed E-state index contributed by atoms with van der Waals surface area (Å²) in [6.07, 6.45) is 5.25. The third-order valence-corrected chi connectivity index (χ3v) is 3.80. The van der Waals surface area contributed by atoms with Crippen LogP contribution >= 0.6 is 0 Å². The Morgan fingerprint density at radius 2 is 2.06 bits per heavy atom. The van der Waals surface area contributed by atoms with Gasteiger partial charge in [-0.15, -0.1) is 0 Å². The molecule has 1 aliphatic rings. The highest BCUT2D eigenvalue weighted by Crippen LogP contribution is 2.36. The zero-order chi connectivity index (χ0) is 13.0. The number of amides is 1. The van der Waals surface area contributed by atoms with Crippen LogP contribution in [0.25, 0.3) is 0 Å². The van der Waals surface area contributed by atoms with Gasteiger partial charge in [0, 0.05) is 6.42 Å². The van der Waals surface area contributed by atoms with Crippen molar-refractivity contribution in [1.29, 1.82) is 0 Å². The van der Waals surface area contributed by atoms with Gasteiger partial charge in [0.15, 0.2) is 0 Å². The summed E-state index contributed by atoms with van der Waals surface area (Å²) in [5.74, 6) is 0.705. The fraction of sp³-hybridized carbons (Fsp3) is 0.533. The largest absolute Gasteiger partial charge is 0.289 e. The minimum atomic E-state index is -0.311. The van der Waals surface area contributed by atoms with E-state index in [1.54, 1.807) is 5.48 Å². The number of hydrogen-bond donors (Lipinski definition) is 2. The standard InChI is InChI=1S/C15H21NO2/c1-11(10-15(17)16-18)9-12-5-7-14(8-6-12)13-3-2-4-13/h5-8,11,13,18H,2-4,9-10H2,1H3,(H,16,17). The van der Waals surface area contributed by atoms with E-state index in [-0.39, 0.29) is 11.8 Å². The normalized spacial score (nSPS) is 17.0. The molecule has 0 aliphatic heterocycles. The summed E-state index contributed by atoms with van der Waals surface area (Å²) >= 11 is 0. The second-order valence-corrected chi connectivity index (χ2v) is 5.42. The molecule has 18 heavy (non-hydrogen) atoms. The maximum Gasteiger partial charge on any atom is 0.243 e. The predicted molar refractivity (Wildman–Crippen MR) is 70.4 cm³/mol. The van der Waals surface area contributed by atoms with Crippen LogP contribution in [0.15, 0.2) is 24.3 Å². The zero-order valence-corrected chi connectivity index (χ0v) is 10.9. The second kappa shape index (κ2) is 6.01. The molecule has 0 heterocycles. The molecule has 2 rings (SSSR count). The summed E-state index contributed by atoms with van der Waals surface area (Å²) in [7, 11) is 0. The summed E-state index contributed by atoms with van der Waals surface area (Å²) in [5, 5.41) is 8.48. The van der Waals surface area contributed by atoms with Gasteiger partial charge in [0.2, 0.25) is 5.91 Å². The monoisotopic (exact) mass is 247 g/mol. The molecule has 2 N–H and O–H groups in total. The van der Waals surface area contributed by atoms with Crippen LogP contribution in [0.1, 0.15) is 49.7 Å². The van der Waals surface area contributed by atoms with Crippen molar-refractivity contribution in [3.05, 3.63) is 35.4 Å². The molecule has 1 fully saturated rings. The molecule has 1 amide bonds. The van der Waals surface area contributed by atoms with Gasteiger partial charge in [0.25, 0.3) is 0 Å². The Balaban J connectivity index is 1.87. The summed E-state index contributed by atoms with van der Waals surface area (Å²) in [6.45, 7) is 2.02. The molecule has 1 aromatic rings. The van der Waals surface area contributed by atoms with Crippen LogP contribution in [-0.4, -0.2) is 11.1 Å². The van der Waals surface area contributed by atoms with Crippen LogP contribution in [-0.2, 0) is 11.2 Å². The first kappa shape index (κ1) is 13.1. The summed E-state index contributed by atoms with van der Waals surface area (Å²) in [4.78, 5) is 11.0. The molecule has 0 spiro atoms. The SMILES string of the molecule is CC(CC(=O)NO)Cc1ccc(C2CCC2)cc1. The van der Waals surface area contributed by atoms with Crippen LogP contribution in [0.4, 0.5) is 0 Å². The van der Waals surface area contributed by atoms with Gasteiger partial charge < -0.3 is 0 Å². The quantitative estimate of drug-likeness (QED) is 0.620. The summed E-state index contributed by atoms with van der Waals surface area (Å²) in [6, 6.07) is 8.78. The molecule has 0 aromatic heterocycles. The van der Waals surface area contributed by atoms with E-state index in [1.165, 1.54) is 30.4 Å². The summed E-state index contributed by atoms with van der Waals surface area (Å²) < 4.78 is 0. The van der Waals surface area contributed by atoms with Gasteiger partial charge in [0.1, 0.15) is 0 Å². The number of carbonyl (C=O) groups excluding carboxylic acids is 1. The lowest BCUT2D eigenvalue weighted by Gasteiger charge is -2.25. The van der Waals surface area contributed by atoms with E-state index >= 15 is 0 Å². The third kappa shape index (κ3) is 3.33. The number of hydroxylamine groups is 1. The van der Waals surface area contributed by atoms with Gasteiger partial charge in [-0.25, -0.2) is 5.48 Å². The molecule has 98 valence electrons. The average molecular weight is 247 g/mol. The van der Waals surface area contributed by atoms with Crippen molar-refractivity contribution in [2.45, 2.75) is 44.9 Å². The highest BCUT2D eigenvalue weighted by molar-refractivity contribution is 5.74. The van der Waals surface area contributed by atoms with Gasteiger partial charge in [0.05, 0.1) is 0 Å². The second-order valence-electron chi connectivity index (χ2n) is 5.42. The molecular formula is C15H21NO2. The lowest BCUT2D eigenvalue weighted by molar-refractivity contribution is -0.130. The average Bonchev–Trinajstić information content (AvgIpc) is 2.29. The van der Waals surface area contributed by atoms with Crippen molar-refractivity contribution in [2.75, 3.05) is 0 Å². The number of benzene rings is 1. The molecule has 1 saturated carbocycles. The van der Waals surface area contributed by atoms with Crippen molar-refractivity contribution in [1.82, 2.24) is 5.48 Å². The first-order chi connectivity index (χ1) is 8.69. The number of rotatable bonds is 5. The Kier molecular flexibility index (Phi) is 4.37. The maximum atomic E-state index is 11.0. The maximum absolute atomic E-state index is 11.0. The predicted octanol–water partition coefficient (Wildman–Crippen LogP) is 3.03. The summed E-state index contributed by atoms with van der Waals surface area (Å²) in [5.41, 5.74) is 4.39. The minimum Gasteiger partial charge on any atom is -0.289 e. The van der Waals surface area contributed by atoms with E-state index in [2.05, 4.69) is 24.3 Å². The van der Waals surface area contributed by atoms with Crippen molar-refractivity contribution >= 4 is 5.91 Å². The molecule has 0 radical (unpaired) electrons.